The molecule has 0 unspecified atom stereocenters. The van der Waals surface area contributed by atoms with Crippen molar-refractivity contribution in [3.63, 3.8) is 0 Å². The summed E-state index contributed by atoms with van der Waals surface area (Å²) >= 11 is 10.1. The summed E-state index contributed by atoms with van der Waals surface area (Å²) in [5.74, 6) is 0.732. The van der Waals surface area contributed by atoms with Gasteiger partial charge in [-0.2, -0.15) is 0 Å². The molecule has 0 saturated heterocycles. The minimum atomic E-state index is -0.139. The number of aromatic nitrogens is 2. The van der Waals surface area contributed by atoms with Gasteiger partial charge >= 0.3 is 0 Å². The van der Waals surface area contributed by atoms with Crippen LogP contribution in [0.5, 0.6) is 0 Å². The monoisotopic (exact) mass is 451 g/mol. The molecule has 5 rings (SSSR count). The Hall–Kier alpha value is -2.63. The van der Waals surface area contributed by atoms with Gasteiger partial charge in [-0.3, -0.25) is 9.56 Å². The summed E-state index contributed by atoms with van der Waals surface area (Å²) in [6.45, 7) is 2.07. The maximum Gasteiger partial charge on any atom is 0.154 e. The quantitative estimate of drug-likeness (QED) is 0.350. The van der Waals surface area contributed by atoms with E-state index in [1.54, 1.807) is 6.26 Å². The number of hydrogen-bond donors (Lipinski definition) is 0. The van der Waals surface area contributed by atoms with Gasteiger partial charge in [-0.25, -0.2) is 4.98 Å². The molecule has 0 spiro atoms. The lowest BCUT2D eigenvalue weighted by Crippen LogP contribution is -2.07. The van der Waals surface area contributed by atoms with Crippen LogP contribution in [0.4, 0.5) is 0 Å². The molecule has 0 N–H and O–H groups in total. The van der Waals surface area contributed by atoms with E-state index in [2.05, 4.69) is 44.5 Å². The van der Waals surface area contributed by atoms with Crippen LogP contribution in [0, 0.1) is 0 Å². The number of rotatable bonds is 2. The third-order valence-corrected chi connectivity index (χ3v) is 5.70. The standard InChI is InChI=1S/C22H15BrClN3O/c1-13-22-21(19-7-4-10-28-19)25-12-27(22)18-9-8-14(23)11-16(18)20(26-13)15-5-2-3-6-17(15)24/h2-13H,1H3/t13-/m0/s1. The van der Waals surface area contributed by atoms with E-state index in [4.69, 9.17) is 21.0 Å². The summed E-state index contributed by atoms with van der Waals surface area (Å²) in [6.07, 6.45) is 3.49. The smallest absolute Gasteiger partial charge is 0.154 e. The predicted octanol–water partition coefficient (Wildman–Crippen LogP) is 6.46. The van der Waals surface area contributed by atoms with Gasteiger partial charge in [-0.05, 0) is 43.3 Å². The molecule has 1 aliphatic rings. The van der Waals surface area contributed by atoms with Gasteiger partial charge in [-0.15, -0.1) is 0 Å². The van der Waals surface area contributed by atoms with Gasteiger partial charge in [0.25, 0.3) is 0 Å². The molecule has 6 heteroatoms. The predicted molar refractivity (Wildman–Crippen MR) is 114 cm³/mol. The maximum absolute atomic E-state index is 6.54. The van der Waals surface area contributed by atoms with Crippen molar-refractivity contribution in [3.8, 4) is 17.1 Å². The molecule has 0 bridgehead atoms. The first-order chi connectivity index (χ1) is 13.6. The van der Waals surface area contributed by atoms with E-state index in [1.807, 2.05) is 48.8 Å². The first-order valence-corrected chi connectivity index (χ1v) is 10.0. The van der Waals surface area contributed by atoms with Crippen molar-refractivity contribution in [2.45, 2.75) is 13.0 Å². The zero-order valence-electron chi connectivity index (χ0n) is 14.9. The Kier molecular flexibility index (Phi) is 4.22. The molecule has 0 saturated carbocycles. The zero-order chi connectivity index (χ0) is 19.3. The molecular weight excluding hydrogens is 438 g/mol. The van der Waals surface area contributed by atoms with E-state index in [0.29, 0.717) is 5.02 Å². The second kappa shape index (κ2) is 6.76. The molecule has 0 fully saturated rings. The number of fused-ring (bicyclic) bond motifs is 3. The zero-order valence-corrected chi connectivity index (χ0v) is 17.3. The summed E-state index contributed by atoms with van der Waals surface area (Å²) in [5.41, 5.74) is 5.57. The van der Waals surface area contributed by atoms with Gasteiger partial charge in [0, 0.05) is 20.6 Å². The number of aliphatic imine (C=N–C) groups is 1. The highest BCUT2D eigenvalue weighted by Crippen LogP contribution is 2.37. The molecule has 2 aromatic heterocycles. The summed E-state index contributed by atoms with van der Waals surface area (Å²) in [5, 5.41) is 0.676. The lowest BCUT2D eigenvalue weighted by molar-refractivity contribution is 0.578. The van der Waals surface area contributed by atoms with E-state index in [9.17, 15) is 0 Å². The van der Waals surface area contributed by atoms with E-state index in [-0.39, 0.29) is 6.04 Å². The van der Waals surface area contributed by atoms with Gasteiger partial charge in [0.05, 0.1) is 29.4 Å². The van der Waals surface area contributed by atoms with Gasteiger partial charge < -0.3 is 4.42 Å². The Balaban J connectivity index is 1.82. The molecule has 0 aliphatic carbocycles. The average Bonchev–Trinajstić information content (AvgIpc) is 3.34. The molecule has 2 aromatic carbocycles. The number of hydrogen-bond acceptors (Lipinski definition) is 3. The molecule has 0 radical (unpaired) electrons. The minimum Gasteiger partial charge on any atom is -0.463 e. The van der Waals surface area contributed by atoms with Crippen molar-refractivity contribution in [1.82, 2.24) is 9.55 Å². The number of benzene rings is 2. The fourth-order valence-electron chi connectivity index (χ4n) is 3.65. The van der Waals surface area contributed by atoms with Crippen LogP contribution < -0.4 is 0 Å². The van der Waals surface area contributed by atoms with Crippen LogP contribution in [0.2, 0.25) is 5.02 Å². The largest absolute Gasteiger partial charge is 0.463 e. The second-order valence-electron chi connectivity index (χ2n) is 6.62. The lowest BCUT2D eigenvalue weighted by atomic mass is 10.0. The third-order valence-electron chi connectivity index (χ3n) is 4.88. The molecule has 1 aliphatic heterocycles. The highest BCUT2D eigenvalue weighted by Gasteiger charge is 2.28. The second-order valence-corrected chi connectivity index (χ2v) is 7.94. The molecule has 3 heterocycles. The molecule has 0 amide bonds. The highest BCUT2D eigenvalue weighted by atomic mass is 79.9. The topological polar surface area (TPSA) is 43.3 Å². The normalized spacial score (nSPS) is 15.5. The van der Waals surface area contributed by atoms with E-state index < -0.39 is 0 Å². The van der Waals surface area contributed by atoms with Crippen molar-refractivity contribution in [2.24, 2.45) is 4.99 Å². The Bertz CT molecular complexity index is 1210. The SMILES string of the molecule is C[C@@H]1N=C(c2ccccc2Cl)c2cc(Br)ccc2-n2cnc(-c3ccco3)c21. The van der Waals surface area contributed by atoms with E-state index >= 15 is 0 Å². The Morgan fingerprint density at radius 3 is 2.71 bits per heavy atom. The van der Waals surface area contributed by atoms with Crippen molar-refractivity contribution < 1.29 is 4.42 Å². The van der Waals surface area contributed by atoms with E-state index in [1.165, 1.54) is 0 Å². The van der Waals surface area contributed by atoms with Crippen LogP contribution in [0.25, 0.3) is 17.1 Å². The molecule has 4 aromatic rings. The van der Waals surface area contributed by atoms with Gasteiger partial charge in [-0.1, -0.05) is 45.7 Å². The van der Waals surface area contributed by atoms with Crippen molar-refractivity contribution in [1.29, 1.82) is 0 Å². The van der Waals surface area contributed by atoms with Crippen molar-refractivity contribution >= 4 is 33.2 Å². The molecule has 4 nitrogen and oxygen atoms in total. The van der Waals surface area contributed by atoms with Crippen molar-refractivity contribution in [3.05, 3.63) is 93.5 Å². The maximum atomic E-state index is 6.54. The molecular formula is C22H15BrClN3O. The fraction of sp³-hybridized carbons (Fsp3) is 0.0909. The Morgan fingerprint density at radius 2 is 1.93 bits per heavy atom. The number of imidazole rings is 1. The Morgan fingerprint density at radius 1 is 1.07 bits per heavy atom. The van der Waals surface area contributed by atoms with Gasteiger partial charge in [0.2, 0.25) is 0 Å². The summed E-state index contributed by atoms with van der Waals surface area (Å²) in [7, 11) is 0. The third kappa shape index (κ3) is 2.74. The van der Waals surface area contributed by atoms with Crippen LogP contribution in [-0.4, -0.2) is 15.3 Å². The highest BCUT2D eigenvalue weighted by molar-refractivity contribution is 9.10. The number of nitrogens with zero attached hydrogens (tertiary/aromatic N) is 3. The van der Waals surface area contributed by atoms with E-state index in [0.717, 1.165) is 44.1 Å². The van der Waals surface area contributed by atoms with Crippen LogP contribution in [0.15, 0.2) is 81.1 Å². The molecule has 1 atom stereocenters. The average molecular weight is 453 g/mol. The molecule has 28 heavy (non-hydrogen) atoms. The number of furan rings is 1. The Labute approximate surface area is 175 Å². The summed E-state index contributed by atoms with van der Waals surface area (Å²) in [4.78, 5) is 9.71. The summed E-state index contributed by atoms with van der Waals surface area (Å²) in [6, 6.07) is 17.6. The van der Waals surface area contributed by atoms with Crippen molar-refractivity contribution in [2.75, 3.05) is 0 Å². The summed E-state index contributed by atoms with van der Waals surface area (Å²) < 4.78 is 8.69. The first kappa shape index (κ1) is 17.5. The van der Waals surface area contributed by atoms with Gasteiger partial charge in [0.1, 0.15) is 12.0 Å². The minimum absolute atomic E-state index is 0.139. The van der Waals surface area contributed by atoms with Crippen LogP contribution in [0.3, 0.4) is 0 Å². The van der Waals surface area contributed by atoms with Crippen LogP contribution >= 0.6 is 27.5 Å². The fourth-order valence-corrected chi connectivity index (χ4v) is 4.24. The lowest BCUT2D eigenvalue weighted by Gasteiger charge is -2.13. The first-order valence-electron chi connectivity index (χ1n) is 8.87. The molecule has 138 valence electrons. The van der Waals surface area contributed by atoms with Crippen LogP contribution in [-0.2, 0) is 0 Å². The number of halogens is 2. The van der Waals surface area contributed by atoms with Gasteiger partial charge in [0.15, 0.2) is 5.76 Å². The van der Waals surface area contributed by atoms with Crippen LogP contribution in [0.1, 0.15) is 29.8 Å².